The molecule has 1 aliphatic rings. The van der Waals surface area contributed by atoms with E-state index in [2.05, 4.69) is 11.4 Å². The highest BCUT2D eigenvalue weighted by Gasteiger charge is 2.32. The molecule has 1 atom stereocenters. The lowest BCUT2D eigenvalue weighted by Crippen LogP contribution is -2.45. The lowest BCUT2D eigenvalue weighted by molar-refractivity contribution is -0.126. The average molecular weight is 491 g/mol. The average Bonchev–Trinajstić information content (AvgIpc) is 2.79. The van der Waals surface area contributed by atoms with Crippen LogP contribution >= 0.6 is 23.2 Å². The summed E-state index contributed by atoms with van der Waals surface area (Å²) in [6, 6.07) is 18.9. The minimum absolute atomic E-state index is 0.123. The van der Waals surface area contributed by atoms with Gasteiger partial charge >= 0.3 is 0 Å². The van der Waals surface area contributed by atoms with Crippen LogP contribution < -0.4 is 5.32 Å². The Kier molecular flexibility index (Phi) is 7.05. The Labute approximate surface area is 198 Å². The molecule has 0 aromatic heterocycles. The molecular formula is C24H24Cl2N2O3S. The van der Waals surface area contributed by atoms with E-state index in [0.29, 0.717) is 41.5 Å². The molecule has 4 rings (SSSR count). The molecule has 1 saturated heterocycles. The van der Waals surface area contributed by atoms with Gasteiger partial charge in [-0.05, 0) is 52.9 Å². The van der Waals surface area contributed by atoms with Crippen LogP contribution in [0.4, 0.5) is 0 Å². The summed E-state index contributed by atoms with van der Waals surface area (Å²) in [7, 11) is -3.60. The number of hydrogen-bond donors (Lipinski definition) is 1. The molecule has 0 aliphatic carbocycles. The van der Waals surface area contributed by atoms with Gasteiger partial charge in [-0.3, -0.25) is 4.79 Å². The van der Waals surface area contributed by atoms with Crippen LogP contribution in [-0.4, -0.2) is 31.7 Å². The highest BCUT2D eigenvalue weighted by molar-refractivity contribution is 7.88. The third-order valence-electron chi connectivity index (χ3n) is 5.78. The summed E-state index contributed by atoms with van der Waals surface area (Å²) in [5, 5.41) is 6.02. The highest BCUT2D eigenvalue weighted by Crippen LogP contribution is 2.26. The Morgan fingerprint density at radius 2 is 1.81 bits per heavy atom. The van der Waals surface area contributed by atoms with Gasteiger partial charge in [-0.1, -0.05) is 65.7 Å². The molecule has 1 N–H and O–H groups in total. The molecule has 1 aliphatic heterocycles. The number of sulfonamides is 1. The Bertz CT molecular complexity index is 1250. The predicted octanol–water partition coefficient (Wildman–Crippen LogP) is 5.00. The lowest BCUT2D eigenvalue weighted by atomic mass is 9.98. The summed E-state index contributed by atoms with van der Waals surface area (Å²) in [4.78, 5) is 12.8. The van der Waals surface area contributed by atoms with Crippen molar-refractivity contribution in [2.75, 3.05) is 13.1 Å². The number of hydrogen-bond acceptors (Lipinski definition) is 3. The molecule has 0 unspecified atom stereocenters. The molecule has 3 aromatic rings. The van der Waals surface area contributed by atoms with E-state index < -0.39 is 10.0 Å². The van der Waals surface area contributed by atoms with Crippen molar-refractivity contribution >= 4 is 49.9 Å². The number of nitrogens with zero attached hydrogens (tertiary/aromatic N) is 1. The van der Waals surface area contributed by atoms with Crippen LogP contribution in [0.1, 0.15) is 24.0 Å². The van der Waals surface area contributed by atoms with Gasteiger partial charge in [-0.2, -0.15) is 0 Å². The third-order valence-corrected chi connectivity index (χ3v) is 8.16. The Balaban J connectivity index is 1.38. The molecular weight excluding hydrogens is 467 g/mol. The first-order chi connectivity index (χ1) is 15.3. The van der Waals surface area contributed by atoms with E-state index in [1.807, 2.05) is 36.4 Å². The van der Waals surface area contributed by atoms with Crippen molar-refractivity contribution in [3.05, 3.63) is 81.8 Å². The van der Waals surface area contributed by atoms with Crippen molar-refractivity contribution in [1.82, 2.24) is 9.62 Å². The van der Waals surface area contributed by atoms with Gasteiger partial charge in [0.05, 0.1) is 11.7 Å². The first-order valence-electron chi connectivity index (χ1n) is 10.5. The number of nitrogens with one attached hydrogen (secondary N) is 1. The lowest BCUT2D eigenvalue weighted by Gasteiger charge is -2.31. The van der Waals surface area contributed by atoms with Crippen molar-refractivity contribution in [3.8, 4) is 0 Å². The summed E-state index contributed by atoms with van der Waals surface area (Å²) in [6.45, 7) is 0.992. The zero-order valence-electron chi connectivity index (χ0n) is 17.4. The maximum Gasteiger partial charge on any atom is 0.224 e. The maximum absolute atomic E-state index is 13.0. The second kappa shape index (κ2) is 9.79. The quantitative estimate of drug-likeness (QED) is 0.528. The van der Waals surface area contributed by atoms with E-state index in [9.17, 15) is 13.2 Å². The van der Waals surface area contributed by atoms with Crippen LogP contribution in [0.2, 0.25) is 10.0 Å². The van der Waals surface area contributed by atoms with E-state index in [-0.39, 0.29) is 24.1 Å². The molecule has 1 fully saturated rings. The summed E-state index contributed by atoms with van der Waals surface area (Å²) >= 11 is 12.1. The number of halogens is 2. The smallest absolute Gasteiger partial charge is 0.224 e. The zero-order chi connectivity index (χ0) is 22.7. The number of fused-ring (bicyclic) bond motifs is 1. The monoisotopic (exact) mass is 490 g/mol. The molecule has 0 bridgehead atoms. The van der Waals surface area contributed by atoms with E-state index in [0.717, 1.165) is 16.3 Å². The third kappa shape index (κ3) is 5.44. The van der Waals surface area contributed by atoms with Gasteiger partial charge in [0.1, 0.15) is 0 Å². The van der Waals surface area contributed by atoms with Crippen molar-refractivity contribution in [2.45, 2.75) is 25.1 Å². The van der Waals surface area contributed by atoms with Crippen LogP contribution in [0, 0.1) is 5.92 Å². The first-order valence-corrected chi connectivity index (χ1v) is 12.9. The van der Waals surface area contributed by atoms with Crippen molar-refractivity contribution < 1.29 is 13.2 Å². The largest absolute Gasteiger partial charge is 0.352 e. The summed E-state index contributed by atoms with van der Waals surface area (Å²) in [6.07, 6.45) is 1.30. The fourth-order valence-corrected chi connectivity index (χ4v) is 6.21. The molecule has 3 aromatic carbocycles. The van der Waals surface area contributed by atoms with Crippen LogP contribution in [0.25, 0.3) is 10.8 Å². The molecule has 1 heterocycles. The van der Waals surface area contributed by atoms with E-state index in [1.54, 1.807) is 12.1 Å². The predicted molar refractivity (Wildman–Crippen MR) is 129 cm³/mol. The maximum atomic E-state index is 13.0. The van der Waals surface area contributed by atoms with Crippen LogP contribution in [0.15, 0.2) is 60.7 Å². The Morgan fingerprint density at radius 3 is 2.59 bits per heavy atom. The molecule has 0 radical (unpaired) electrons. The van der Waals surface area contributed by atoms with Gasteiger partial charge in [0.2, 0.25) is 15.9 Å². The number of piperidine rings is 1. The molecule has 1 amide bonds. The standard InChI is InChI=1S/C24H24Cl2N2O3S/c25-22-10-9-21(23(26)13-22)16-32(30,31)28-11-3-6-20(15-28)24(29)27-14-17-7-8-18-4-1-2-5-19(18)12-17/h1-2,4-5,7-10,12-13,20H,3,6,11,14-16H2,(H,27,29)/t20-/m1/s1. The van der Waals surface area contributed by atoms with Gasteiger partial charge in [-0.25, -0.2) is 12.7 Å². The van der Waals surface area contributed by atoms with Crippen molar-refractivity contribution in [2.24, 2.45) is 5.92 Å². The molecule has 168 valence electrons. The van der Waals surface area contributed by atoms with Gasteiger partial charge in [-0.15, -0.1) is 0 Å². The molecule has 5 nitrogen and oxygen atoms in total. The Hall–Kier alpha value is -2.12. The fourth-order valence-electron chi connectivity index (χ4n) is 4.02. The Morgan fingerprint density at radius 1 is 1.03 bits per heavy atom. The SMILES string of the molecule is O=C(NCc1ccc2ccccc2c1)[C@@H]1CCCN(S(=O)(=O)Cc2ccc(Cl)cc2Cl)C1. The van der Waals surface area contributed by atoms with Crippen LogP contribution in [0.5, 0.6) is 0 Å². The minimum Gasteiger partial charge on any atom is -0.352 e. The molecule has 32 heavy (non-hydrogen) atoms. The number of rotatable bonds is 6. The number of carbonyl (C=O) groups is 1. The number of carbonyl (C=O) groups excluding carboxylic acids is 1. The molecule has 8 heteroatoms. The van der Waals surface area contributed by atoms with Crippen LogP contribution in [-0.2, 0) is 27.1 Å². The summed E-state index contributed by atoms with van der Waals surface area (Å²) < 4.78 is 27.3. The van der Waals surface area contributed by atoms with Gasteiger partial charge < -0.3 is 5.32 Å². The van der Waals surface area contributed by atoms with E-state index in [1.165, 1.54) is 10.4 Å². The van der Waals surface area contributed by atoms with E-state index >= 15 is 0 Å². The molecule has 0 saturated carbocycles. The topological polar surface area (TPSA) is 66.5 Å². The van der Waals surface area contributed by atoms with E-state index in [4.69, 9.17) is 23.2 Å². The van der Waals surface area contributed by atoms with Gasteiger partial charge in [0.15, 0.2) is 0 Å². The molecule has 0 spiro atoms. The minimum atomic E-state index is -3.60. The summed E-state index contributed by atoms with van der Waals surface area (Å²) in [5.41, 5.74) is 1.51. The highest BCUT2D eigenvalue weighted by atomic mass is 35.5. The van der Waals surface area contributed by atoms with Crippen molar-refractivity contribution in [3.63, 3.8) is 0 Å². The normalized spacial score (nSPS) is 17.4. The van der Waals surface area contributed by atoms with Gasteiger partial charge in [0, 0.05) is 29.7 Å². The van der Waals surface area contributed by atoms with Crippen molar-refractivity contribution in [1.29, 1.82) is 0 Å². The van der Waals surface area contributed by atoms with Gasteiger partial charge in [0.25, 0.3) is 0 Å². The van der Waals surface area contributed by atoms with Crippen LogP contribution in [0.3, 0.4) is 0 Å². The first kappa shape index (κ1) is 23.1. The summed E-state index contributed by atoms with van der Waals surface area (Å²) in [5.74, 6) is -0.712. The second-order valence-electron chi connectivity index (χ2n) is 8.09. The number of benzene rings is 3. The second-order valence-corrected chi connectivity index (χ2v) is 10.9. The number of amides is 1. The fraction of sp³-hybridized carbons (Fsp3) is 0.292. The zero-order valence-corrected chi connectivity index (χ0v) is 19.8.